The van der Waals surface area contributed by atoms with E-state index in [2.05, 4.69) is 20.6 Å². The summed E-state index contributed by atoms with van der Waals surface area (Å²) in [6.07, 6.45) is 5.11. The van der Waals surface area contributed by atoms with Gasteiger partial charge in [0.05, 0.1) is 10.5 Å². The predicted octanol–water partition coefficient (Wildman–Crippen LogP) is 4.17. The molecule has 1 aliphatic carbocycles. The average Bonchev–Trinajstić information content (AvgIpc) is 3.31. The molecule has 1 saturated carbocycles. The van der Waals surface area contributed by atoms with Gasteiger partial charge >= 0.3 is 0 Å². The van der Waals surface area contributed by atoms with Gasteiger partial charge in [0.1, 0.15) is 11.6 Å². The molecule has 1 amide bonds. The Labute approximate surface area is 197 Å². The Morgan fingerprint density at radius 2 is 1.85 bits per heavy atom. The van der Waals surface area contributed by atoms with Gasteiger partial charge in [-0.25, -0.2) is 4.98 Å². The zero-order valence-electron chi connectivity index (χ0n) is 19.4. The van der Waals surface area contributed by atoms with Gasteiger partial charge in [-0.1, -0.05) is 6.07 Å². The SMILES string of the molecule is Cc1ccc(-c2ccc(C(=O)NC3CCC(Nc4nccc(N(C)C)n4)CC3)o2)c([N+](=O)[O-])c1. The summed E-state index contributed by atoms with van der Waals surface area (Å²) in [7, 11) is 3.87. The minimum atomic E-state index is -0.446. The molecule has 0 unspecified atom stereocenters. The van der Waals surface area contributed by atoms with Gasteiger partial charge in [0.2, 0.25) is 5.95 Å². The summed E-state index contributed by atoms with van der Waals surface area (Å²) in [6.45, 7) is 1.79. The largest absolute Gasteiger partial charge is 0.451 e. The van der Waals surface area contributed by atoms with Gasteiger partial charge in [0.25, 0.3) is 11.6 Å². The van der Waals surface area contributed by atoms with E-state index in [-0.39, 0.29) is 29.4 Å². The number of nitrogens with one attached hydrogen (secondary N) is 2. The number of amides is 1. The van der Waals surface area contributed by atoms with E-state index in [1.54, 1.807) is 37.4 Å². The average molecular weight is 465 g/mol. The highest BCUT2D eigenvalue weighted by atomic mass is 16.6. The Kier molecular flexibility index (Phi) is 6.76. The molecular formula is C24H28N6O4. The maximum Gasteiger partial charge on any atom is 0.287 e. The van der Waals surface area contributed by atoms with Crippen molar-refractivity contribution in [2.75, 3.05) is 24.3 Å². The summed E-state index contributed by atoms with van der Waals surface area (Å²) >= 11 is 0. The first-order chi connectivity index (χ1) is 16.3. The van der Waals surface area contributed by atoms with E-state index in [0.717, 1.165) is 37.1 Å². The Morgan fingerprint density at radius 1 is 1.12 bits per heavy atom. The number of aromatic nitrogens is 2. The smallest absolute Gasteiger partial charge is 0.287 e. The quantitative estimate of drug-likeness (QED) is 0.394. The molecule has 0 aliphatic heterocycles. The topological polar surface area (TPSA) is 126 Å². The van der Waals surface area contributed by atoms with Crippen LogP contribution in [0.3, 0.4) is 0 Å². The summed E-state index contributed by atoms with van der Waals surface area (Å²) in [5.74, 6) is 1.56. The number of furan rings is 1. The molecule has 2 aromatic heterocycles. The second-order valence-electron chi connectivity index (χ2n) is 8.74. The van der Waals surface area contributed by atoms with Gasteiger partial charge in [0.15, 0.2) is 5.76 Å². The monoisotopic (exact) mass is 464 g/mol. The second-order valence-corrected chi connectivity index (χ2v) is 8.74. The molecule has 3 aromatic rings. The van der Waals surface area contributed by atoms with Gasteiger partial charge in [-0.15, -0.1) is 0 Å². The van der Waals surface area contributed by atoms with Crippen LogP contribution in [-0.4, -0.2) is 47.0 Å². The molecule has 0 spiro atoms. The van der Waals surface area contributed by atoms with Crippen LogP contribution in [0.5, 0.6) is 0 Å². The van der Waals surface area contributed by atoms with Crippen LogP contribution < -0.4 is 15.5 Å². The highest BCUT2D eigenvalue weighted by Gasteiger charge is 2.25. The number of nitro benzene ring substituents is 1. The lowest BCUT2D eigenvalue weighted by Crippen LogP contribution is -2.40. The molecule has 178 valence electrons. The molecule has 1 fully saturated rings. The fraction of sp³-hybridized carbons (Fsp3) is 0.375. The van der Waals surface area contributed by atoms with Gasteiger partial charge < -0.3 is 20.0 Å². The van der Waals surface area contributed by atoms with Crippen LogP contribution in [0.25, 0.3) is 11.3 Å². The standard InChI is InChI=1S/C24H28N6O4/c1-15-4-9-18(19(14-15)30(32)33)20-10-11-21(34-20)23(31)26-16-5-7-17(8-6-16)27-24-25-13-12-22(28-24)29(2)3/h4,9-14,16-17H,5-8H2,1-3H3,(H,26,31)(H,25,27,28). The molecule has 4 rings (SSSR count). The van der Waals surface area contributed by atoms with Gasteiger partial charge in [-0.3, -0.25) is 14.9 Å². The number of nitro groups is 1. The maximum absolute atomic E-state index is 12.7. The van der Waals surface area contributed by atoms with Crippen LogP contribution in [0.4, 0.5) is 17.5 Å². The third kappa shape index (κ3) is 5.33. The minimum absolute atomic E-state index is 0.0295. The van der Waals surface area contributed by atoms with E-state index in [9.17, 15) is 14.9 Å². The van der Waals surface area contributed by atoms with Crippen molar-refractivity contribution < 1.29 is 14.1 Å². The number of aryl methyl sites for hydroxylation is 1. The zero-order chi connectivity index (χ0) is 24.2. The molecule has 10 nitrogen and oxygen atoms in total. The molecule has 0 atom stereocenters. The minimum Gasteiger partial charge on any atom is -0.451 e. The molecule has 34 heavy (non-hydrogen) atoms. The number of hydrogen-bond acceptors (Lipinski definition) is 8. The Bertz CT molecular complexity index is 1180. The molecule has 1 aromatic carbocycles. The first-order valence-electron chi connectivity index (χ1n) is 11.2. The number of nitrogens with zero attached hydrogens (tertiary/aromatic N) is 4. The lowest BCUT2D eigenvalue weighted by molar-refractivity contribution is -0.384. The van der Waals surface area contributed by atoms with Crippen LogP contribution in [0.2, 0.25) is 0 Å². The van der Waals surface area contributed by atoms with Gasteiger partial charge in [0, 0.05) is 38.4 Å². The first kappa shape index (κ1) is 23.2. The highest BCUT2D eigenvalue weighted by Crippen LogP contribution is 2.32. The summed E-state index contributed by atoms with van der Waals surface area (Å²) in [5.41, 5.74) is 1.08. The van der Waals surface area contributed by atoms with Crippen LogP contribution >= 0.6 is 0 Å². The number of carbonyl (C=O) groups excluding carboxylic acids is 1. The van der Waals surface area contributed by atoms with Crippen molar-refractivity contribution in [2.24, 2.45) is 0 Å². The highest BCUT2D eigenvalue weighted by molar-refractivity contribution is 5.92. The first-order valence-corrected chi connectivity index (χ1v) is 11.2. The lowest BCUT2D eigenvalue weighted by atomic mass is 9.91. The second kappa shape index (κ2) is 9.90. The van der Waals surface area contributed by atoms with Crippen molar-refractivity contribution in [2.45, 2.75) is 44.7 Å². The van der Waals surface area contributed by atoms with Crippen molar-refractivity contribution >= 4 is 23.4 Å². The number of hydrogen-bond donors (Lipinski definition) is 2. The van der Waals surface area contributed by atoms with E-state index in [0.29, 0.717) is 17.3 Å². The van der Waals surface area contributed by atoms with Crippen molar-refractivity contribution in [3.05, 3.63) is 64.0 Å². The van der Waals surface area contributed by atoms with Crippen LogP contribution in [0.1, 0.15) is 41.8 Å². The van der Waals surface area contributed by atoms with Crippen molar-refractivity contribution in [1.82, 2.24) is 15.3 Å². The fourth-order valence-corrected chi connectivity index (χ4v) is 4.09. The van der Waals surface area contributed by atoms with Gasteiger partial charge in [-0.05, 0) is 62.4 Å². The Morgan fingerprint density at radius 3 is 2.56 bits per heavy atom. The molecule has 0 bridgehead atoms. The van der Waals surface area contributed by atoms with E-state index >= 15 is 0 Å². The normalized spacial score (nSPS) is 17.7. The fourth-order valence-electron chi connectivity index (χ4n) is 4.09. The molecule has 2 heterocycles. The van der Waals surface area contributed by atoms with E-state index in [4.69, 9.17) is 4.42 Å². The third-order valence-corrected chi connectivity index (χ3v) is 5.94. The van der Waals surface area contributed by atoms with Crippen LogP contribution in [0.15, 0.2) is 47.0 Å². The molecular weight excluding hydrogens is 436 g/mol. The predicted molar refractivity (Wildman–Crippen MR) is 129 cm³/mol. The number of carbonyl (C=O) groups is 1. The molecule has 0 saturated heterocycles. The maximum atomic E-state index is 12.7. The summed E-state index contributed by atoms with van der Waals surface area (Å²) < 4.78 is 5.68. The lowest BCUT2D eigenvalue weighted by Gasteiger charge is -2.29. The zero-order valence-corrected chi connectivity index (χ0v) is 19.4. The van der Waals surface area contributed by atoms with E-state index < -0.39 is 4.92 Å². The number of benzene rings is 1. The molecule has 2 N–H and O–H groups in total. The molecule has 0 radical (unpaired) electrons. The van der Waals surface area contributed by atoms with Crippen LogP contribution in [-0.2, 0) is 0 Å². The van der Waals surface area contributed by atoms with Crippen molar-refractivity contribution in [3.8, 4) is 11.3 Å². The van der Waals surface area contributed by atoms with Crippen LogP contribution in [0, 0.1) is 17.0 Å². The third-order valence-electron chi connectivity index (χ3n) is 5.94. The summed E-state index contributed by atoms with van der Waals surface area (Å²) in [4.78, 5) is 34.4. The summed E-state index contributed by atoms with van der Waals surface area (Å²) in [5, 5.41) is 17.8. The van der Waals surface area contributed by atoms with Crippen molar-refractivity contribution in [1.29, 1.82) is 0 Å². The van der Waals surface area contributed by atoms with E-state index in [1.165, 1.54) is 6.07 Å². The summed E-state index contributed by atoms with van der Waals surface area (Å²) in [6, 6.07) is 10.2. The molecule has 10 heteroatoms. The number of anilines is 2. The number of rotatable bonds is 7. The van der Waals surface area contributed by atoms with E-state index in [1.807, 2.05) is 25.1 Å². The Hall–Kier alpha value is -3.95. The van der Waals surface area contributed by atoms with Crippen molar-refractivity contribution in [3.63, 3.8) is 0 Å². The Balaban J connectivity index is 1.33. The van der Waals surface area contributed by atoms with Gasteiger partial charge in [-0.2, -0.15) is 4.98 Å². The molecule has 1 aliphatic rings.